The van der Waals surface area contributed by atoms with E-state index in [1.807, 2.05) is 0 Å². The molecule has 0 saturated carbocycles. The van der Waals surface area contributed by atoms with Gasteiger partial charge in [0.05, 0.1) is 0 Å². The number of hydrogen-bond acceptors (Lipinski definition) is 11. The van der Waals surface area contributed by atoms with Crippen LogP contribution in [0.1, 0.15) is 12.6 Å². The molecule has 0 aliphatic carbocycles. The first kappa shape index (κ1) is 21.6. The van der Waals surface area contributed by atoms with Crippen LogP contribution < -0.4 is 11.1 Å². The topological polar surface area (TPSA) is 174 Å². The fourth-order valence-electron chi connectivity index (χ4n) is 2.88. The summed E-state index contributed by atoms with van der Waals surface area (Å²) in [6.07, 6.45) is 0. The summed E-state index contributed by atoms with van der Waals surface area (Å²) in [6, 6.07) is -0.967. The molecule has 1 aromatic rings. The summed E-state index contributed by atoms with van der Waals surface area (Å²) >= 11 is 2.35. The van der Waals surface area contributed by atoms with Gasteiger partial charge in [0.25, 0.3) is 11.8 Å². The Morgan fingerprint density at radius 1 is 1.47 bits per heavy atom. The van der Waals surface area contributed by atoms with Gasteiger partial charge >= 0.3 is 11.9 Å². The lowest BCUT2D eigenvalue weighted by Crippen LogP contribution is -2.71. The van der Waals surface area contributed by atoms with Crippen molar-refractivity contribution in [2.75, 3.05) is 25.2 Å². The number of aliphatic carboxylic acids is 1. The molecule has 0 bridgehead atoms. The van der Waals surface area contributed by atoms with Gasteiger partial charge in [-0.15, -0.1) is 23.1 Å². The molecule has 14 heteroatoms. The Balaban J connectivity index is 1.77. The van der Waals surface area contributed by atoms with E-state index < -0.39 is 35.2 Å². The van der Waals surface area contributed by atoms with Gasteiger partial charge in [0.1, 0.15) is 36.5 Å². The quantitative estimate of drug-likeness (QED) is 0.208. The highest BCUT2D eigenvalue weighted by atomic mass is 32.2. The molecule has 2 atom stereocenters. The summed E-state index contributed by atoms with van der Waals surface area (Å²) in [6.45, 7) is 0.975. The lowest BCUT2D eigenvalue weighted by atomic mass is 10.0. The number of esters is 1. The standard InChI is InChI=1S/C16H17N5O7S2/c1-6(22)28-3-7-4-29-14-10(13(24)21(14)11(7)15(25)26)19-12(23)9(20-27-2)8-5-30-16(17)18-8/h5,10,14H,3-4H2,1-2H3,(H2,17,18)(H,19,23)(H,25,26)/b20-9+/t10-,14?/m1/s1. The molecule has 0 spiro atoms. The smallest absolute Gasteiger partial charge is 0.352 e. The van der Waals surface area contributed by atoms with Crippen molar-refractivity contribution < 1.29 is 33.9 Å². The van der Waals surface area contributed by atoms with E-state index in [9.17, 15) is 24.3 Å². The van der Waals surface area contributed by atoms with Crippen molar-refractivity contribution in [3.63, 3.8) is 0 Å². The molecule has 4 N–H and O–H groups in total. The number of amides is 2. The first-order chi connectivity index (χ1) is 14.2. The number of ether oxygens (including phenoxy) is 1. The monoisotopic (exact) mass is 455 g/mol. The highest BCUT2D eigenvalue weighted by Gasteiger charge is 2.54. The molecule has 1 aromatic heterocycles. The van der Waals surface area contributed by atoms with Gasteiger partial charge in [0.2, 0.25) is 0 Å². The van der Waals surface area contributed by atoms with Crippen LogP contribution in [0, 0.1) is 0 Å². The molecule has 1 unspecified atom stereocenters. The van der Waals surface area contributed by atoms with Crippen molar-refractivity contribution in [1.82, 2.24) is 15.2 Å². The van der Waals surface area contributed by atoms with Gasteiger partial charge < -0.3 is 25.7 Å². The Bertz CT molecular complexity index is 973. The number of carboxylic acids is 1. The number of nitrogens with two attached hydrogens (primary N) is 1. The van der Waals surface area contributed by atoms with Crippen LogP contribution in [0.3, 0.4) is 0 Å². The highest BCUT2D eigenvalue weighted by Crippen LogP contribution is 2.40. The summed E-state index contributed by atoms with van der Waals surface area (Å²) < 4.78 is 4.88. The van der Waals surface area contributed by atoms with Crippen LogP contribution in [0.5, 0.6) is 0 Å². The van der Waals surface area contributed by atoms with Crippen LogP contribution in [-0.2, 0) is 28.8 Å². The first-order valence-electron chi connectivity index (χ1n) is 8.41. The molecule has 30 heavy (non-hydrogen) atoms. The van der Waals surface area contributed by atoms with Crippen LogP contribution in [-0.4, -0.2) is 75.3 Å². The van der Waals surface area contributed by atoms with Crippen molar-refractivity contribution in [1.29, 1.82) is 0 Å². The second-order valence-corrected chi connectivity index (χ2v) is 8.09. The van der Waals surface area contributed by atoms with Crippen molar-refractivity contribution in [3.05, 3.63) is 22.3 Å². The maximum absolute atomic E-state index is 12.7. The molecular formula is C16H17N5O7S2. The van der Waals surface area contributed by atoms with E-state index in [0.29, 0.717) is 5.57 Å². The lowest BCUT2D eigenvalue weighted by molar-refractivity contribution is -0.150. The summed E-state index contributed by atoms with van der Waals surface area (Å²) in [5.41, 5.74) is 5.67. The van der Waals surface area contributed by atoms with Gasteiger partial charge in [0.15, 0.2) is 10.8 Å². The summed E-state index contributed by atoms with van der Waals surface area (Å²) in [5, 5.41) is 16.9. The van der Waals surface area contributed by atoms with Gasteiger partial charge in [-0.3, -0.25) is 19.3 Å². The number of rotatable bonds is 7. The predicted octanol–water partition coefficient (Wildman–Crippen LogP) is -0.622. The number of nitrogen functional groups attached to an aromatic ring is 1. The number of anilines is 1. The molecule has 1 fully saturated rings. The molecule has 0 radical (unpaired) electrons. The van der Waals surface area contributed by atoms with E-state index in [0.717, 1.165) is 16.2 Å². The van der Waals surface area contributed by atoms with Crippen LogP contribution in [0.25, 0.3) is 0 Å². The van der Waals surface area contributed by atoms with Crippen LogP contribution in [0.15, 0.2) is 21.8 Å². The Kier molecular flexibility index (Phi) is 6.26. The maximum atomic E-state index is 12.7. The second-order valence-electron chi connectivity index (χ2n) is 6.09. The van der Waals surface area contributed by atoms with Crippen molar-refractivity contribution in [2.45, 2.75) is 18.3 Å². The molecule has 3 heterocycles. The number of carbonyl (C=O) groups is 4. The number of fused-ring (bicyclic) bond motifs is 1. The number of hydrogen-bond donors (Lipinski definition) is 3. The summed E-state index contributed by atoms with van der Waals surface area (Å²) in [5.74, 6) is -2.98. The van der Waals surface area contributed by atoms with Crippen LogP contribution >= 0.6 is 23.1 Å². The lowest BCUT2D eigenvalue weighted by Gasteiger charge is -2.49. The fourth-order valence-corrected chi connectivity index (χ4v) is 4.76. The Labute approximate surface area is 178 Å². The number of carboxylic acid groups (broad SMARTS) is 1. The zero-order valence-electron chi connectivity index (χ0n) is 15.8. The number of aromatic nitrogens is 1. The van der Waals surface area contributed by atoms with Crippen LogP contribution in [0.4, 0.5) is 5.13 Å². The Morgan fingerprint density at radius 2 is 2.20 bits per heavy atom. The molecule has 2 amide bonds. The number of carbonyl (C=O) groups excluding carboxylic acids is 3. The minimum Gasteiger partial charge on any atom is -0.477 e. The Morgan fingerprint density at radius 3 is 2.77 bits per heavy atom. The normalized spacial score (nSPS) is 20.9. The third kappa shape index (κ3) is 4.09. The zero-order chi connectivity index (χ0) is 22.0. The number of oxime groups is 1. The zero-order valence-corrected chi connectivity index (χ0v) is 17.4. The highest BCUT2D eigenvalue weighted by molar-refractivity contribution is 8.00. The fraction of sp³-hybridized carbons (Fsp3) is 0.375. The summed E-state index contributed by atoms with van der Waals surface area (Å²) in [4.78, 5) is 57.8. The molecular weight excluding hydrogens is 438 g/mol. The third-order valence-corrected chi connectivity index (χ3v) is 6.16. The van der Waals surface area contributed by atoms with E-state index in [1.54, 1.807) is 0 Å². The van der Waals surface area contributed by atoms with Gasteiger partial charge in [-0.05, 0) is 0 Å². The van der Waals surface area contributed by atoms with Gasteiger partial charge in [-0.1, -0.05) is 5.16 Å². The maximum Gasteiger partial charge on any atom is 0.352 e. The van der Waals surface area contributed by atoms with E-state index >= 15 is 0 Å². The molecule has 0 aromatic carbocycles. The van der Waals surface area contributed by atoms with E-state index in [2.05, 4.69) is 20.3 Å². The van der Waals surface area contributed by atoms with Crippen molar-refractivity contribution in [3.8, 4) is 0 Å². The van der Waals surface area contributed by atoms with E-state index in [4.69, 9.17) is 10.5 Å². The molecule has 3 rings (SSSR count). The third-order valence-electron chi connectivity index (χ3n) is 4.15. The van der Waals surface area contributed by atoms with E-state index in [-0.39, 0.29) is 34.6 Å². The number of nitrogens with one attached hydrogen (secondary N) is 1. The summed E-state index contributed by atoms with van der Waals surface area (Å²) in [7, 11) is 1.25. The number of thioether (sulfide) groups is 1. The minimum atomic E-state index is -1.32. The molecule has 1 saturated heterocycles. The molecule has 12 nitrogen and oxygen atoms in total. The predicted molar refractivity (Wildman–Crippen MR) is 106 cm³/mol. The first-order valence-corrected chi connectivity index (χ1v) is 10.3. The molecule has 2 aliphatic rings. The SMILES string of the molecule is CO/N=C(/C(=O)N[C@@H]1C(=O)N2C(C(=O)O)=C(COC(C)=O)CSC12)c1csc(N)n1. The van der Waals surface area contributed by atoms with Crippen molar-refractivity contribution >= 4 is 57.7 Å². The Hall–Kier alpha value is -3.13. The van der Waals surface area contributed by atoms with Gasteiger partial charge in [-0.2, -0.15) is 0 Å². The van der Waals surface area contributed by atoms with E-state index in [1.165, 1.54) is 31.2 Å². The number of thiazole rings is 1. The number of nitrogens with zero attached hydrogens (tertiary/aromatic N) is 3. The van der Waals surface area contributed by atoms with Gasteiger partial charge in [-0.25, -0.2) is 9.78 Å². The average molecular weight is 455 g/mol. The van der Waals surface area contributed by atoms with Crippen molar-refractivity contribution in [2.24, 2.45) is 5.16 Å². The minimum absolute atomic E-state index is 0.165. The average Bonchev–Trinajstić information content (AvgIpc) is 3.13. The molecule has 2 aliphatic heterocycles. The van der Waals surface area contributed by atoms with Crippen LogP contribution in [0.2, 0.25) is 0 Å². The second kappa shape index (κ2) is 8.71. The number of β-lactam (4-membered cyclic amide) rings is 1. The molecule has 160 valence electrons. The van der Waals surface area contributed by atoms with Gasteiger partial charge in [0, 0.05) is 23.6 Å². The largest absolute Gasteiger partial charge is 0.477 e.